The van der Waals surface area contributed by atoms with Crippen LogP contribution in [0.25, 0.3) is 11.0 Å². The van der Waals surface area contributed by atoms with Gasteiger partial charge in [-0.2, -0.15) is 0 Å². The van der Waals surface area contributed by atoms with Gasteiger partial charge in [0.25, 0.3) is 0 Å². The van der Waals surface area contributed by atoms with Gasteiger partial charge in [0, 0.05) is 12.8 Å². The molecule has 2 aromatic heterocycles. The summed E-state index contributed by atoms with van der Waals surface area (Å²) in [5.74, 6) is 0.945. The summed E-state index contributed by atoms with van der Waals surface area (Å²) in [6.07, 6.45) is 3.50. The minimum atomic E-state index is 0.192. The molecule has 2 heterocycles. The number of imidazole rings is 1. The summed E-state index contributed by atoms with van der Waals surface area (Å²) in [6, 6.07) is 2.14. The summed E-state index contributed by atoms with van der Waals surface area (Å²) >= 11 is 0. The molecule has 5 heteroatoms. The summed E-state index contributed by atoms with van der Waals surface area (Å²) in [5, 5.41) is 0. The van der Waals surface area contributed by atoms with E-state index in [0.29, 0.717) is 25.1 Å². The van der Waals surface area contributed by atoms with E-state index in [9.17, 15) is 0 Å². The molecule has 0 aliphatic carbocycles. The molecule has 1 unspecified atom stereocenters. The molecule has 0 aliphatic rings. The topological polar surface area (TPSA) is 66.0 Å². The minimum absolute atomic E-state index is 0.192. The molecule has 0 aliphatic heterocycles. The number of nitrogens with two attached hydrogens (primary N) is 1. The quantitative estimate of drug-likeness (QED) is 0.881. The van der Waals surface area contributed by atoms with Crippen molar-refractivity contribution in [2.45, 2.75) is 26.8 Å². The highest BCUT2D eigenvalue weighted by Crippen LogP contribution is 2.27. The maximum atomic E-state index is 6.03. The third-order valence-corrected chi connectivity index (χ3v) is 3.11. The van der Waals surface area contributed by atoms with Crippen LogP contribution in [0.1, 0.15) is 26.8 Å². The molecule has 0 amide bonds. The number of pyridine rings is 1. The van der Waals surface area contributed by atoms with Crippen LogP contribution >= 0.6 is 0 Å². The normalized spacial score (nSPS) is 13.3. The van der Waals surface area contributed by atoms with Crippen molar-refractivity contribution >= 4 is 17.0 Å². The molecular weight excluding hydrogens is 228 g/mol. The van der Waals surface area contributed by atoms with Crippen LogP contribution in [0.4, 0.5) is 5.95 Å². The lowest BCUT2D eigenvalue weighted by Crippen LogP contribution is -2.22. The zero-order valence-corrected chi connectivity index (χ0v) is 11.1. The number of nitrogens with zero attached hydrogens (tertiary/aromatic N) is 3. The Hall–Kier alpha value is -1.62. The molecule has 98 valence electrons. The molecule has 2 aromatic rings. The Kier molecular flexibility index (Phi) is 3.81. The van der Waals surface area contributed by atoms with Crippen LogP contribution in [0.5, 0.6) is 0 Å². The molecule has 5 nitrogen and oxygen atoms in total. The predicted octanol–water partition coefficient (Wildman–Crippen LogP) is 2.25. The van der Waals surface area contributed by atoms with Crippen molar-refractivity contribution in [2.24, 2.45) is 5.92 Å². The molecular formula is C13H20N4O. The van der Waals surface area contributed by atoms with Gasteiger partial charge in [-0.25, -0.2) is 4.98 Å². The van der Waals surface area contributed by atoms with E-state index in [1.807, 2.05) is 13.0 Å². The van der Waals surface area contributed by atoms with Crippen LogP contribution in [0.3, 0.4) is 0 Å². The molecule has 0 saturated carbocycles. The number of hydrogen-bond donors (Lipinski definition) is 1. The van der Waals surface area contributed by atoms with Crippen LogP contribution < -0.4 is 5.73 Å². The third kappa shape index (κ3) is 2.31. The Morgan fingerprint density at radius 1 is 1.44 bits per heavy atom. The number of hydrogen-bond acceptors (Lipinski definition) is 4. The van der Waals surface area contributed by atoms with E-state index in [2.05, 4.69) is 28.4 Å². The Balaban J connectivity index is 2.46. The zero-order chi connectivity index (χ0) is 13.1. The highest BCUT2D eigenvalue weighted by Gasteiger charge is 2.21. The first-order chi connectivity index (χ1) is 8.65. The first-order valence-corrected chi connectivity index (χ1v) is 6.30. The maximum Gasteiger partial charge on any atom is 0.201 e. The van der Waals surface area contributed by atoms with Gasteiger partial charge in [-0.1, -0.05) is 13.8 Å². The highest BCUT2D eigenvalue weighted by molar-refractivity contribution is 5.77. The molecule has 0 saturated heterocycles. The van der Waals surface area contributed by atoms with Gasteiger partial charge in [-0.3, -0.25) is 4.98 Å². The molecule has 0 bridgehead atoms. The molecule has 0 radical (unpaired) electrons. The van der Waals surface area contributed by atoms with Crippen molar-refractivity contribution in [1.29, 1.82) is 0 Å². The van der Waals surface area contributed by atoms with Crippen molar-refractivity contribution in [1.82, 2.24) is 14.5 Å². The SMILES string of the molecule is CCOCC(C(C)C)n1c(N)nc2cnccc21. The first-order valence-electron chi connectivity index (χ1n) is 6.30. The molecule has 0 spiro atoms. The molecule has 1 atom stereocenters. The van der Waals surface area contributed by atoms with E-state index < -0.39 is 0 Å². The van der Waals surface area contributed by atoms with E-state index in [0.717, 1.165) is 11.0 Å². The smallest absolute Gasteiger partial charge is 0.201 e. The Morgan fingerprint density at radius 3 is 2.89 bits per heavy atom. The molecule has 18 heavy (non-hydrogen) atoms. The number of anilines is 1. The van der Waals surface area contributed by atoms with Crippen molar-refractivity contribution in [3.63, 3.8) is 0 Å². The van der Waals surface area contributed by atoms with E-state index in [1.54, 1.807) is 12.4 Å². The second kappa shape index (κ2) is 5.35. The fourth-order valence-electron chi connectivity index (χ4n) is 2.12. The minimum Gasteiger partial charge on any atom is -0.380 e. The van der Waals surface area contributed by atoms with E-state index in [-0.39, 0.29) is 6.04 Å². The molecule has 0 aromatic carbocycles. The highest BCUT2D eigenvalue weighted by atomic mass is 16.5. The standard InChI is InChI=1S/C13H20N4O/c1-4-18-8-12(9(2)3)17-11-5-6-15-7-10(11)16-13(17)14/h5-7,9,12H,4,8H2,1-3H3,(H2,14,16). The number of ether oxygens (including phenoxy) is 1. The second-order valence-electron chi connectivity index (χ2n) is 4.68. The van der Waals surface area contributed by atoms with Gasteiger partial charge in [-0.05, 0) is 18.9 Å². The van der Waals surface area contributed by atoms with Crippen LogP contribution in [-0.2, 0) is 4.74 Å². The number of nitrogen functional groups attached to an aromatic ring is 1. The van der Waals surface area contributed by atoms with Gasteiger partial charge in [0.2, 0.25) is 5.95 Å². The van der Waals surface area contributed by atoms with Crippen molar-refractivity contribution in [3.05, 3.63) is 18.5 Å². The second-order valence-corrected chi connectivity index (χ2v) is 4.68. The monoisotopic (exact) mass is 248 g/mol. The maximum absolute atomic E-state index is 6.03. The fraction of sp³-hybridized carbons (Fsp3) is 0.538. The molecule has 0 fully saturated rings. The Morgan fingerprint density at radius 2 is 2.22 bits per heavy atom. The van der Waals surface area contributed by atoms with Crippen LogP contribution in [0, 0.1) is 5.92 Å². The zero-order valence-electron chi connectivity index (χ0n) is 11.1. The predicted molar refractivity (Wildman–Crippen MR) is 72.3 cm³/mol. The van der Waals surface area contributed by atoms with Gasteiger partial charge >= 0.3 is 0 Å². The number of fused-ring (bicyclic) bond motifs is 1. The average molecular weight is 248 g/mol. The van der Waals surface area contributed by atoms with E-state index >= 15 is 0 Å². The summed E-state index contributed by atoms with van der Waals surface area (Å²) in [7, 11) is 0. The van der Waals surface area contributed by atoms with Crippen LogP contribution in [-0.4, -0.2) is 27.7 Å². The largest absolute Gasteiger partial charge is 0.380 e. The fourth-order valence-corrected chi connectivity index (χ4v) is 2.12. The van der Waals surface area contributed by atoms with Crippen molar-refractivity contribution < 1.29 is 4.74 Å². The third-order valence-electron chi connectivity index (χ3n) is 3.11. The lowest BCUT2D eigenvalue weighted by Gasteiger charge is -2.24. The summed E-state index contributed by atoms with van der Waals surface area (Å²) in [5.41, 5.74) is 7.88. The van der Waals surface area contributed by atoms with Gasteiger partial charge in [-0.15, -0.1) is 0 Å². The summed E-state index contributed by atoms with van der Waals surface area (Å²) in [6.45, 7) is 7.67. The van der Waals surface area contributed by atoms with Gasteiger partial charge in [0.05, 0.1) is 24.4 Å². The average Bonchev–Trinajstić information content (AvgIpc) is 2.66. The Bertz CT molecular complexity index is 521. The first kappa shape index (κ1) is 12.8. The Labute approximate surface area is 107 Å². The number of aromatic nitrogens is 3. The summed E-state index contributed by atoms with van der Waals surface area (Å²) in [4.78, 5) is 8.42. The number of rotatable bonds is 5. The lowest BCUT2D eigenvalue weighted by atomic mass is 10.0. The summed E-state index contributed by atoms with van der Waals surface area (Å²) < 4.78 is 7.62. The van der Waals surface area contributed by atoms with Crippen LogP contribution in [0.15, 0.2) is 18.5 Å². The van der Waals surface area contributed by atoms with E-state index in [1.165, 1.54) is 0 Å². The van der Waals surface area contributed by atoms with Crippen LogP contribution in [0.2, 0.25) is 0 Å². The molecule has 2 N–H and O–H groups in total. The van der Waals surface area contributed by atoms with E-state index in [4.69, 9.17) is 10.5 Å². The van der Waals surface area contributed by atoms with Gasteiger partial charge in [0.15, 0.2) is 0 Å². The lowest BCUT2D eigenvalue weighted by molar-refractivity contribution is 0.0987. The van der Waals surface area contributed by atoms with Gasteiger partial charge in [0.1, 0.15) is 5.52 Å². The van der Waals surface area contributed by atoms with Gasteiger partial charge < -0.3 is 15.0 Å². The molecule has 2 rings (SSSR count). The van der Waals surface area contributed by atoms with Crippen molar-refractivity contribution in [2.75, 3.05) is 18.9 Å². The van der Waals surface area contributed by atoms with Crippen molar-refractivity contribution in [3.8, 4) is 0 Å².